The molecule has 0 saturated heterocycles. The second kappa shape index (κ2) is 6.39. The maximum absolute atomic E-state index is 4.17. The highest BCUT2D eigenvalue weighted by Crippen LogP contribution is 2.26. The Balaban J connectivity index is 2.12. The third-order valence-corrected chi connectivity index (χ3v) is 4.63. The fraction of sp³-hybridized carbons (Fsp3) is 0.214. The molecule has 0 bridgehead atoms. The molecule has 1 aromatic heterocycles. The number of hydrogen-bond acceptors (Lipinski definition) is 3. The molecule has 0 unspecified atom stereocenters. The van der Waals surface area contributed by atoms with E-state index < -0.39 is 0 Å². The number of pyridine rings is 1. The average Bonchev–Trinajstić information content (AvgIpc) is 2.40. The highest BCUT2D eigenvalue weighted by Gasteiger charge is 2.04. The van der Waals surface area contributed by atoms with Gasteiger partial charge in [0.05, 0.1) is 17.6 Å². The molecule has 2 aromatic rings. The lowest BCUT2D eigenvalue weighted by Gasteiger charge is -2.18. The summed E-state index contributed by atoms with van der Waals surface area (Å²) in [5.41, 5.74) is 3.38. The number of hydrogen-bond donors (Lipinski definition) is 1. The van der Waals surface area contributed by atoms with Crippen molar-refractivity contribution in [1.82, 2.24) is 4.98 Å². The summed E-state index contributed by atoms with van der Waals surface area (Å²) in [6.07, 6.45) is 3.65. The van der Waals surface area contributed by atoms with Gasteiger partial charge in [0.25, 0.3) is 0 Å². The van der Waals surface area contributed by atoms with Crippen LogP contribution in [-0.4, -0.2) is 19.1 Å². The molecule has 0 aliphatic heterocycles. The van der Waals surface area contributed by atoms with E-state index in [9.17, 15) is 0 Å². The van der Waals surface area contributed by atoms with Crippen molar-refractivity contribution in [2.75, 3.05) is 24.3 Å². The van der Waals surface area contributed by atoms with Gasteiger partial charge in [0, 0.05) is 35.8 Å². The highest BCUT2D eigenvalue weighted by molar-refractivity contribution is 9.13. The Morgan fingerprint density at radius 2 is 1.95 bits per heavy atom. The van der Waals surface area contributed by atoms with Gasteiger partial charge >= 0.3 is 0 Å². The minimum atomic E-state index is 0.762. The first-order chi connectivity index (χ1) is 9.08. The van der Waals surface area contributed by atoms with Crippen LogP contribution in [0.3, 0.4) is 0 Å². The molecule has 1 heterocycles. The standard InChI is InChI=1S/C14H15Br2N3/c1-19(2)14-5-6-17-9-13(14)18-8-10-3-4-11(15)12(16)7-10/h3-7,9,18H,8H2,1-2H3. The van der Waals surface area contributed by atoms with E-state index in [4.69, 9.17) is 0 Å². The third-order valence-electron chi connectivity index (χ3n) is 2.75. The molecule has 100 valence electrons. The van der Waals surface area contributed by atoms with E-state index in [-0.39, 0.29) is 0 Å². The Morgan fingerprint density at radius 3 is 2.63 bits per heavy atom. The monoisotopic (exact) mass is 383 g/mol. The Labute approximate surface area is 130 Å². The first kappa shape index (κ1) is 14.3. The summed E-state index contributed by atoms with van der Waals surface area (Å²) in [4.78, 5) is 6.24. The van der Waals surface area contributed by atoms with Crippen molar-refractivity contribution in [3.63, 3.8) is 0 Å². The quantitative estimate of drug-likeness (QED) is 0.852. The topological polar surface area (TPSA) is 28.2 Å². The lowest BCUT2D eigenvalue weighted by molar-refractivity contribution is 1.08. The third kappa shape index (κ3) is 3.70. The van der Waals surface area contributed by atoms with Crippen LogP contribution in [0, 0.1) is 0 Å². The van der Waals surface area contributed by atoms with Crippen LogP contribution in [0.25, 0.3) is 0 Å². The summed E-state index contributed by atoms with van der Waals surface area (Å²) in [5, 5.41) is 3.42. The number of nitrogens with zero attached hydrogens (tertiary/aromatic N) is 2. The molecule has 0 saturated carbocycles. The van der Waals surface area contributed by atoms with Gasteiger partial charge in [0.2, 0.25) is 0 Å². The molecule has 0 spiro atoms. The summed E-state index contributed by atoms with van der Waals surface area (Å²) in [6, 6.07) is 8.23. The second-order valence-corrected chi connectivity index (χ2v) is 6.10. The van der Waals surface area contributed by atoms with Gasteiger partial charge in [-0.2, -0.15) is 0 Å². The van der Waals surface area contributed by atoms with Crippen molar-refractivity contribution in [3.05, 3.63) is 51.2 Å². The fourth-order valence-electron chi connectivity index (χ4n) is 1.76. The molecule has 0 radical (unpaired) electrons. The van der Waals surface area contributed by atoms with Gasteiger partial charge < -0.3 is 10.2 Å². The molecular weight excluding hydrogens is 370 g/mol. The zero-order chi connectivity index (χ0) is 13.8. The van der Waals surface area contributed by atoms with Crippen LogP contribution in [-0.2, 0) is 6.54 Å². The van der Waals surface area contributed by atoms with Crippen molar-refractivity contribution in [2.24, 2.45) is 0 Å². The molecule has 0 aliphatic rings. The molecule has 2 rings (SSSR count). The van der Waals surface area contributed by atoms with Crippen molar-refractivity contribution in [1.29, 1.82) is 0 Å². The van der Waals surface area contributed by atoms with Gasteiger partial charge in [-0.05, 0) is 55.6 Å². The van der Waals surface area contributed by atoms with Crippen LogP contribution in [0.4, 0.5) is 11.4 Å². The number of nitrogens with one attached hydrogen (secondary N) is 1. The lowest BCUT2D eigenvalue weighted by atomic mass is 10.2. The summed E-state index contributed by atoms with van der Waals surface area (Å²) >= 11 is 6.99. The summed E-state index contributed by atoms with van der Waals surface area (Å²) in [6.45, 7) is 0.762. The van der Waals surface area contributed by atoms with Crippen LogP contribution in [0.2, 0.25) is 0 Å². The van der Waals surface area contributed by atoms with Crippen LogP contribution >= 0.6 is 31.9 Å². The number of benzene rings is 1. The zero-order valence-electron chi connectivity index (χ0n) is 10.8. The number of halogens is 2. The Bertz CT molecular complexity index is 570. The normalized spacial score (nSPS) is 10.3. The van der Waals surface area contributed by atoms with Crippen molar-refractivity contribution in [3.8, 4) is 0 Å². The molecule has 1 N–H and O–H groups in total. The Kier molecular flexibility index (Phi) is 4.82. The van der Waals surface area contributed by atoms with Crippen LogP contribution in [0.5, 0.6) is 0 Å². The van der Waals surface area contributed by atoms with Gasteiger partial charge in [-0.15, -0.1) is 0 Å². The molecule has 19 heavy (non-hydrogen) atoms. The van der Waals surface area contributed by atoms with Crippen molar-refractivity contribution >= 4 is 43.2 Å². The maximum Gasteiger partial charge on any atom is 0.0766 e. The fourth-order valence-corrected chi connectivity index (χ4v) is 2.43. The van der Waals surface area contributed by atoms with E-state index in [1.807, 2.05) is 32.4 Å². The smallest absolute Gasteiger partial charge is 0.0766 e. The van der Waals surface area contributed by atoms with Crippen molar-refractivity contribution < 1.29 is 0 Å². The van der Waals surface area contributed by atoms with Crippen LogP contribution < -0.4 is 10.2 Å². The van der Waals surface area contributed by atoms with E-state index in [0.717, 1.165) is 26.9 Å². The Morgan fingerprint density at radius 1 is 1.16 bits per heavy atom. The van der Waals surface area contributed by atoms with E-state index in [2.05, 4.69) is 59.2 Å². The molecule has 0 atom stereocenters. The highest BCUT2D eigenvalue weighted by atomic mass is 79.9. The van der Waals surface area contributed by atoms with E-state index >= 15 is 0 Å². The molecule has 0 amide bonds. The number of rotatable bonds is 4. The minimum absolute atomic E-state index is 0.762. The molecule has 0 aliphatic carbocycles. The van der Waals surface area contributed by atoms with Crippen LogP contribution in [0.1, 0.15) is 5.56 Å². The first-order valence-electron chi connectivity index (χ1n) is 5.87. The number of aromatic nitrogens is 1. The maximum atomic E-state index is 4.17. The van der Waals surface area contributed by atoms with E-state index in [1.54, 1.807) is 6.20 Å². The lowest BCUT2D eigenvalue weighted by Crippen LogP contribution is -2.12. The van der Waals surface area contributed by atoms with Crippen molar-refractivity contribution in [2.45, 2.75) is 6.54 Å². The summed E-state index contributed by atoms with van der Waals surface area (Å²) < 4.78 is 2.12. The summed E-state index contributed by atoms with van der Waals surface area (Å²) in [5.74, 6) is 0. The van der Waals surface area contributed by atoms with Gasteiger partial charge in [0.15, 0.2) is 0 Å². The molecule has 5 heteroatoms. The SMILES string of the molecule is CN(C)c1ccncc1NCc1ccc(Br)c(Br)c1. The first-order valence-corrected chi connectivity index (χ1v) is 7.45. The van der Waals surface area contributed by atoms with Crippen LogP contribution in [0.15, 0.2) is 45.6 Å². The minimum Gasteiger partial charge on any atom is -0.378 e. The zero-order valence-corrected chi connectivity index (χ0v) is 14.0. The molecule has 1 aromatic carbocycles. The van der Waals surface area contributed by atoms with Gasteiger partial charge in [-0.3, -0.25) is 4.98 Å². The number of anilines is 2. The van der Waals surface area contributed by atoms with Gasteiger partial charge in [-0.1, -0.05) is 6.07 Å². The van der Waals surface area contributed by atoms with E-state index in [1.165, 1.54) is 5.56 Å². The Hall–Kier alpha value is -1.07. The predicted molar refractivity (Wildman–Crippen MR) is 87.7 cm³/mol. The molecule has 3 nitrogen and oxygen atoms in total. The predicted octanol–water partition coefficient (Wildman–Crippen LogP) is 4.28. The van der Waals surface area contributed by atoms with E-state index in [0.29, 0.717) is 0 Å². The summed E-state index contributed by atoms with van der Waals surface area (Å²) in [7, 11) is 4.05. The second-order valence-electron chi connectivity index (χ2n) is 4.39. The largest absolute Gasteiger partial charge is 0.378 e. The van der Waals surface area contributed by atoms with Gasteiger partial charge in [-0.25, -0.2) is 0 Å². The van der Waals surface area contributed by atoms with Gasteiger partial charge in [0.1, 0.15) is 0 Å². The molecular formula is C14H15Br2N3. The molecule has 0 fully saturated rings. The average molecular weight is 385 g/mol.